The predicted molar refractivity (Wildman–Crippen MR) is 168 cm³/mol. The van der Waals surface area contributed by atoms with Gasteiger partial charge in [-0.1, -0.05) is 101 Å². The normalized spacial score (nSPS) is 18.2. The molecule has 226 valence electrons. The Kier molecular flexibility index (Phi) is 12.8. The molecular formula is C35H50F2O3Si. The number of benzene rings is 2. The summed E-state index contributed by atoms with van der Waals surface area (Å²) in [5.74, 6) is -0.739. The molecule has 0 aliphatic heterocycles. The number of carbonyl (C=O) groups excluding carboxylic acids is 1. The first-order valence-electron chi connectivity index (χ1n) is 15.6. The first-order valence-corrected chi connectivity index (χ1v) is 18.8. The second kappa shape index (κ2) is 15.8. The Bertz CT molecular complexity index is 1140. The lowest BCUT2D eigenvalue weighted by atomic mass is 9.77. The van der Waals surface area contributed by atoms with Crippen molar-refractivity contribution in [3.63, 3.8) is 0 Å². The summed E-state index contributed by atoms with van der Waals surface area (Å²) in [6.45, 7) is 11.5. The van der Waals surface area contributed by atoms with Gasteiger partial charge in [-0.05, 0) is 67.2 Å². The molecule has 6 heteroatoms. The lowest BCUT2D eigenvalue weighted by Crippen LogP contribution is -2.44. The first kappa shape index (κ1) is 33.2. The average Bonchev–Trinajstić information content (AvgIpc) is 2.96. The molecule has 2 aromatic carbocycles. The minimum Gasteiger partial charge on any atom is -0.462 e. The van der Waals surface area contributed by atoms with Crippen molar-refractivity contribution in [1.82, 2.24) is 0 Å². The molecule has 1 fully saturated rings. The number of rotatable bonds is 15. The van der Waals surface area contributed by atoms with Crippen LogP contribution in [-0.2, 0) is 9.53 Å². The Labute approximate surface area is 247 Å². The van der Waals surface area contributed by atoms with E-state index in [1.165, 1.54) is 56.9 Å². The molecule has 3 rings (SSSR count). The van der Waals surface area contributed by atoms with Gasteiger partial charge in [0, 0.05) is 23.7 Å². The fourth-order valence-corrected chi connectivity index (χ4v) is 8.80. The van der Waals surface area contributed by atoms with Crippen LogP contribution in [-0.4, -0.2) is 32.4 Å². The van der Waals surface area contributed by atoms with Gasteiger partial charge >= 0.3 is 5.97 Å². The smallest absolute Gasteiger partial charge is 0.333 e. The molecule has 1 N–H and O–H groups in total. The second-order valence-electron chi connectivity index (χ2n) is 12.8. The number of aliphatic hydroxyl groups excluding tert-OH is 1. The molecule has 3 nitrogen and oxygen atoms in total. The van der Waals surface area contributed by atoms with Crippen LogP contribution in [0.25, 0.3) is 11.1 Å². The van der Waals surface area contributed by atoms with Crippen molar-refractivity contribution in [1.29, 1.82) is 0 Å². The van der Waals surface area contributed by atoms with Crippen LogP contribution >= 0.6 is 0 Å². The SMILES string of the molecule is C=C(C)C(=O)OCC(CO)CCC[Si](C)(C)c1ccc(-c2ccc(C3CCC(CCCCC)CC3)cc2)c(F)c1F. The van der Waals surface area contributed by atoms with Crippen LogP contribution in [0.1, 0.15) is 89.5 Å². The van der Waals surface area contributed by atoms with Crippen LogP contribution in [0.4, 0.5) is 8.78 Å². The van der Waals surface area contributed by atoms with E-state index in [1.807, 2.05) is 25.2 Å². The number of ether oxygens (including phenoxy) is 1. The minimum absolute atomic E-state index is 0.0950. The molecule has 1 unspecified atom stereocenters. The topological polar surface area (TPSA) is 46.5 Å². The molecule has 0 heterocycles. The number of hydrogen-bond acceptors (Lipinski definition) is 3. The lowest BCUT2D eigenvalue weighted by molar-refractivity contribution is -0.140. The van der Waals surface area contributed by atoms with Gasteiger partial charge in [-0.2, -0.15) is 0 Å². The van der Waals surface area contributed by atoms with Gasteiger partial charge < -0.3 is 9.84 Å². The van der Waals surface area contributed by atoms with Gasteiger partial charge in [-0.25, -0.2) is 13.6 Å². The fraction of sp³-hybridized carbons (Fsp3) is 0.571. The van der Waals surface area contributed by atoms with Crippen molar-refractivity contribution in [3.8, 4) is 11.1 Å². The van der Waals surface area contributed by atoms with Crippen molar-refractivity contribution in [2.75, 3.05) is 13.2 Å². The summed E-state index contributed by atoms with van der Waals surface area (Å²) in [5.41, 5.74) is 2.64. The van der Waals surface area contributed by atoms with Crippen LogP contribution < -0.4 is 5.19 Å². The quantitative estimate of drug-likeness (QED) is 0.0984. The van der Waals surface area contributed by atoms with E-state index in [-0.39, 0.29) is 19.1 Å². The Morgan fingerprint density at radius 3 is 2.32 bits per heavy atom. The van der Waals surface area contributed by atoms with Crippen LogP contribution in [0.3, 0.4) is 0 Å². The minimum atomic E-state index is -2.29. The van der Waals surface area contributed by atoms with Gasteiger partial charge in [0.1, 0.15) is 0 Å². The van der Waals surface area contributed by atoms with Crippen molar-refractivity contribution in [3.05, 3.63) is 65.7 Å². The van der Waals surface area contributed by atoms with Crippen molar-refractivity contribution < 1.29 is 23.4 Å². The molecule has 1 saturated carbocycles. The van der Waals surface area contributed by atoms with E-state index in [1.54, 1.807) is 19.1 Å². The van der Waals surface area contributed by atoms with E-state index in [0.717, 1.165) is 18.4 Å². The maximum absolute atomic E-state index is 15.5. The molecule has 0 amide bonds. The summed E-state index contributed by atoms with van der Waals surface area (Å²) in [7, 11) is -2.29. The molecule has 0 saturated heterocycles. The molecule has 2 aromatic rings. The third kappa shape index (κ3) is 9.34. The van der Waals surface area contributed by atoms with E-state index in [0.29, 0.717) is 34.2 Å². The molecule has 1 aliphatic rings. The Morgan fingerprint density at radius 1 is 1.02 bits per heavy atom. The zero-order chi connectivity index (χ0) is 30.0. The van der Waals surface area contributed by atoms with Gasteiger partial charge in [0.2, 0.25) is 0 Å². The molecule has 1 aliphatic carbocycles. The van der Waals surface area contributed by atoms with E-state index >= 15 is 8.78 Å². The van der Waals surface area contributed by atoms with Gasteiger partial charge in [-0.15, -0.1) is 0 Å². The van der Waals surface area contributed by atoms with Gasteiger partial charge in [0.05, 0.1) is 14.7 Å². The first-order chi connectivity index (χ1) is 19.6. The lowest BCUT2D eigenvalue weighted by Gasteiger charge is -2.29. The summed E-state index contributed by atoms with van der Waals surface area (Å²) in [4.78, 5) is 11.6. The Morgan fingerprint density at radius 2 is 1.71 bits per heavy atom. The standard InChI is InChI=1S/C35H50F2O3Si/c1-6-7-8-10-26-12-14-28(15-13-26)29-16-18-30(19-17-29)31-20-21-32(34(37)33(31)36)41(4,5)22-9-11-27(23-38)24-40-35(39)25(2)3/h16-21,26-28,38H,2,6-15,22-24H2,1,3-5H3. The highest BCUT2D eigenvalue weighted by Gasteiger charge is 2.30. The van der Waals surface area contributed by atoms with Crippen molar-refractivity contribution >= 4 is 19.2 Å². The number of halogens is 2. The third-order valence-electron chi connectivity index (χ3n) is 9.04. The third-order valence-corrected chi connectivity index (χ3v) is 12.5. The molecule has 1 atom stereocenters. The molecular weight excluding hydrogens is 534 g/mol. The van der Waals surface area contributed by atoms with Crippen LogP contribution in [0.2, 0.25) is 19.1 Å². The molecule has 0 spiro atoms. The predicted octanol–water partition coefficient (Wildman–Crippen LogP) is 8.91. The van der Waals surface area contributed by atoms with E-state index < -0.39 is 25.7 Å². The number of esters is 1. The van der Waals surface area contributed by atoms with Crippen molar-refractivity contribution in [2.45, 2.75) is 103 Å². The Hall–Kier alpha value is -2.31. The largest absolute Gasteiger partial charge is 0.462 e. The number of unbranched alkanes of at least 4 members (excludes halogenated alkanes) is 2. The summed E-state index contributed by atoms with van der Waals surface area (Å²) in [5, 5.41) is 10.2. The zero-order valence-corrected chi connectivity index (χ0v) is 26.6. The Balaban J connectivity index is 1.59. The van der Waals surface area contributed by atoms with Gasteiger partial charge in [0.15, 0.2) is 11.6 Å². The fourth-order valence-electron chi connectivity index (χ4n) is 6.21. The van der Waals surface area contributed by atoms with E-state index in [9.17, 15) is 9.90 Å². The number of hydrogen-bond donors (Lipinski definition) is 1. The van der Waals surface area contributed by atoms with E-state index in [2.05, 4.69) is 25.6 Å². The monoisotopic (exact) mass is 584 g/mol. The maximum Gasteiger partial charge on any atom is 0.333 e. The average molecular weight is 585 g/mol. The summed E-state index contributed by atoms with van der Waals surface area (Å²) >= 11 is 0. The number of carbonyl (C=O) groups is 1. The van der Waals surface area contributed by atoms with Crippen molar-refractivity contribution in [2.24, 2.45) is 11.8 Å². The summed E-state index contributed by atoms with van der Waals surface area (Å²) < 4.78 is 36.0. The van der Waals surface area contributed by atoms with Crippen LogP contribution in [0.15, 0.2) is 48.6 Å². The van der Waals surface area contributed by atoms with Crippen LogP contribution in [0, 0.1) is 23.5 Å². The highest BCUT2D eigenvalue weighted by Crippen LogP contribution is 2.38. The highest BCUT2D eigenvalue weighted by atomic mass is 28.3. The van der Waals surface area contributed by atoms with E-state index in [4.69, 9.17) is 4.74 Å². The molecule has 41 heavy (non-hydrogen) atoms. The molecule has 0 aromatic heterocycles. The zero-order valence-electron chi connectivity index (χ0n) is 25.6. The van der Waals surface area contributed by atoms with Gasteiger partial charge in [-0.3, -0.25) is 0 Å². The highest BCUT2D eigenvalue weighted by molar-refractivity contribution is 6.89. The second-order valence-corrected chi connectivity index (χ2v) is 17.6. The summed E-state index contributed by atoms with van der Waals surface area (Å²) in [6, 6.07) is 12.3. The van der Waals surface area contributed by atoms with Crippen LogP contribution in [0.5, 0.6) is 0 Å². The summed E-state index contributed by atoms with van der Waals surface area (Å²) in [6.07, 6.45) is 11.7. The maximum atomic E-state index is 15.5. The number of aliphatic hydroxyl groups is 1. The molecule has 0 radical (unpaired) electrons. The molecule has 0 bridgehead atoms. The van der Waals surface area contributed by atoms with Gasteiger partial charge in [0.25, 0.3) is 0 Å².